The molecule has 1 aromatic rings. The highest BCUT2D eigenvalue weighted by Gasteiger charge is 2.43. The van der Waals surface area contributed by atoms with E-state index in [1.54, 1.807) is 0 Å². The summed E-state index contributed by atoms with van der Waals surface area (Å²) in [6, 6.07) is 2.70. The van der Waals surface area contributed by atoms with Gasteiger partial charge in [0.2, 0.25) is 5.95 Å². The first-order chi connectivity index (χ1) is 23.4. The van der Waals surface area contributed by atoms with Gasteiger partial charge in [-0.15, -0.1) is 0 Å². The first kappa shape index (κ1) is 37.8. The lowest BCUT2D eigenvalue weighted by molar-refractivity contribution is 0.0425. The van der Waals surface area contributed by atoms with Crippen LogP contribution >= 0.6 is 7.60 Å². The Morgan fingerprint density at radius 2 is 1.58 bits per heavy atom. The molecule has 274 valence electrons. The van der Waals surface area contributed by atoms with Gasteiger partial charge in [-0.3, -0.25) is 9.46 Å². The predicted octanol–water partition coefficient (Wildman–Crippen LogP) is 6.27. The van der Waals surface area contributed by atoms with Crippen LogP contribution < -0.4 is 26.6 Å². The van der Waals surface area contributed by atoms with Crippen LogP contribution in [0.2, 0.25) is 0 Å². The van der Waals surface area contributed by atoms with Gasteiger partial charge in [-0.25, -0.2) is 0 Å². The first-order valence-electron chi connectivity index (χ1n) is 19.6. The summed E-state index contributed by atoms with van der Waals surface area (Å²) < 4.78 is 24.5. The molecule has 4 aliphatic rings. The zero-order valence-corrected chi connectivity index (χ0v) is 31.1. The second kappa shape index (κ2) is 19.2. The highest BCUT2D eigenvalue weighted by molar-refractivity contribution is 7.53. The standard InChI is InChI=1S/C36H67N8O3P/c1-3-46-48(45,47-4-2)25-24-44-23-22-43(29-36(44)18-9-6-10-19-36)34-26-33(37)41-35(42-34)40-28-31-16-14-30(15-17-31)27-38-20-11-21-39-32-12-7-5-8-13-32/h26,30-32,38-39H,3-25,27-29H2,1-2H3,(H3,37,40,41,42)/t30-,31-. The molecule has 0 unspecified atom stereocenters. The molecule has 0 radical (unpaired) electrons. The van der Waals surface area contributed by atoms with Crippen molar-refractivity contribution in [3.8, 4) is 0 Å². The zero-order valence-electron chi connectivity index (χ0n) is 30.2. The second-order valence-electron chi connectivity index (χ2n) is 15.0. The molecule has 4 fully saturated rings. The van der Waals surface area contributed by atoms with Crippen molar-refractivity contribution in [3.63, 3.8) is 0 Å². The topological polar surface area (TPSA) is 130 Å². The maximum atomic E-state index is 13.3. The zero-order chi connectivity index (χ0) is 33.7. The van der Waals surface area contributed by atoms with Crippen LogP contribution in [0.15, 0.2) is 6.07 Å². The van der Waals surface area contributed by atoms with Gasteiger partial charge in [-0.2, -0.15) is 9.97 Å². The molecule has 0 bridgehead atoms. The molecule has 11 nitrogen and oxygen atoms in total. The Morgan fingerprint density at radius 1 is 0.896 bits per heavy atom. The number of anilines is 3. The van der Waals surface area contributed by atoms with Crippen LogP contribution in [0.1, 0.15) is 110 Å². The van der Waals surface area contributed by atoms with Crippen molar-refractivity contribution < 1.29 is 13.6 Å². The van der Waals surface area contributed by atoms with E-state index < -0.39 is 7.60 Å². The molecule has 3 aliphatic carbocycles. The van der Waals surface area contributed by atoms with E-state index >= 15 is 0 Å². The molecule has 5 rings (SSSR count). The first-order valence-corrected chi connectivity index (χ1v) is 21.3. The van der Waals surface area contributed by atoms with Crippen molar-refractivity contribution in [3.05, 3.63) is 6.07 Å². The maximum Gasteiger partial charge on any atom is 0.331 e. The van der Waals surface area contributed by atoms with E-state index in [1.807, 2.05) is 19.9 Å². The Balaban J connectivity index is 1.06. The van der Waals surface area contributed by atoms with Gasteiger partial charge in [-0.05, 0) is 103 Å². The Hall–Kier alpha value is -1.49. The van der Waals surface area contributed by atoms with Crippen molar-refractivity contribution >= 4 is 25.2 Å². The molecule has 1 aromatic heterocycles. The van der Waals surface area contributed by atoms with Crippen molar-refractivity contribution in [2.45, 2.75) is 122 Å². The maximum absolute atomic E-state index is 13.3. The van der Waals surface area contributed by atoms with Crippen LogP contribution in [0.5, 0.6) is 0 Å². The van der Waals surface area contributed by atoms with E-state index in [-0.39, 0.29) is 5.54 Å². The normalized spacial score (nSPS) is 24.2. The lowest BCUT2D eigenvalue weighted by Crippen LogP contribution is -2.63. The summed E-state index contributed by atoms with van der Waals surface area (Å²) in [7, 11) is -3.08. The number of piperazine rings is 1. The van der Waals surface area contributed by atoms with Crippen LogP contribution in [-0.4, -0.2) is 98.2 Å². The number of nitrogens with one attached hydrogen (secondary N) is 3. The molecule has 0 atom stereocenters. The van der Waals surface area contributed by atoms with Gasteiger partial charge in [0.15, 0.2) is 0 Å². The quantitative estimate of drug-likeness (QED) is 0.103. The Bertz CT molecular complexity index is 1110. The molecule has 2 heterocycles. The largest absolute Gasteiger partial charge is 0.383 e. The lowest BCUT2D eigenvalue weighted by Gasteiger charge is -2.53. The molecular formula is C36H67N8O3P. The van der Waals surface area contributed by atoms with E-state index in [0.717, 1.165) is 83.0 Å². The minimum absolute atomic E-state index is 0.0341. The number of aromatic nitrogens is 2. The average molecular weight is 691 g/mol. The summed E-state index contributed by atoms with van der Waals surface area (Å²) in [4.78, 5) is 14.5. The van der Waals surface area contributed by atoms with E-state index in [9.17, 15) is 4.57 Å². The molecule has 5 N–H and O–H groups in total. The molecule has 12 heteroatoms. The summed E-state index contributed by atoms with van der Waals surface area (Å²) in [5.41, 5.74) is 6.39. The van der Waals surface area contributed by atoms with E-state index in [4.69, 9.17) is 19.8 Å². The Morgan fingerprint density at radius 3 is 2.29 bits per heavy atom. The van der Waals surface area contributed by atoms with E-state index in [0.29, 0.717) is 37.1 Å². The number of hydrogen-bond acceptors (Lipinski definition) is 11. The van der Waals surface area contributed by atoms with E-state index in [1.165, 1.54) is 83.5 Å². The smallest absolute Gasteiger partial charge is 0.331 e. The minimum atomic E-state index is -3.08. The molecule has 3 saturated carbocycles. The van der Waals surface area contributed by atoms with Gasteiger partial charge in [0.25, 0.3) is 0 Å². The molecular weight excluding hydrogens is 623 g/mol. The average Bonchev–Trinajstić information content (AvgIpc) is 3.10. The van der Waals surface area contributed by atoms with Crippen LogP contribution in [0.4, 0.5) is 17.6 Å². The predicted molar refractivity (Wildman–Crippen MR) is 198 cm³/mol. The van der Waals surface area contributed by atoms with Crippen LogP contribution in [0, 0.1) is 11.8 Å². The van der Waals surface area contributed by atoms with Crippen LogP contribution in [0.25, 0.3) is 0 Å². The van der Waals surface area contributed by atoms with Gasteiger partial charge in [0.1, 0.15) is 11.6 Å². The highest BCUT2D eigenvalue weighted by atomic mass is 31.2. The number of nitrogens with two attached hydrogens (primary N) is 1. The SMILES string of the molecule is CCOP(=O)(CCN1CCN(c2cc(N)nc(NC[C@H]3CC[C@H](CNCCCNC4CCCCC4)CC3)n2)CC12CCCCC2)OCC. The third-order valence-electron chi connectivity index (χ3n) is 11.4. The summed E-state index contributed by atoms with van der Waals surface area (Å²) >= 11 is 0. The summed E-state index contributed by atoms with van der Waals surface area (Å²) in [6.07, 6.45) is 19.7. The van der Waals surface area contributed by atoms with Crippen molar-refractivity contribution in [1.82, 2.24) is 25.5 Å². The Labute approximate surface area is 291 Å². The van der Waals surface area contributed by atoms with Crippen LogP contribution in [-0.2, 0) is 13.6 Å². The van der Waals surface area contributed by atoms with Crippen LogP contribution in [0.3, 0.4) is 0 Å². The molecule has 1 saturated heterocycles. The van der Waals surface area contributed by atoms with Crippen molar-refractivity contribution in [2.75, 3.05) is 87.7 Å². The second-order valence-corrected chi connectivity index (χ2v) is 17.1. The number of nitrogen functional groups attached to an aromatic ring is 1. The molecule has 48 heavy (non-hydrogen) atoms. The molecule has 1 spiro atoms. The monoisotopic (exact) mass is 691 g/mol. The number of nitrogens with zero attached hydrogens (tertiary/aromatic N) is 4. The van der Waals surface area contributed by atoms with Gasteiger partial charge in [0, 0.05) is 50.4 Å². The lowest BCUT2D eigenvalue weighted by atomic mass is 9.78. The third kappa shape index (κ3) is 11.3. The fourth-order valence-electron chi connectivity index (χ4n) is 8.75. The Kier molecular flexibility index (Phi) is 15.1. The minimum Gasteiger partial charge on any atom is -0.383 e. The van der Waals surface area contributed by atoms with Gasteiger partial charge >= 0.3 is 7.60 Å². The summed E-state index contributed by atoms with van der Waals surface area (Å²) in [5.74, 6) is 3.50. The number of rotatable bonds is 18. The van der Waals surface area contributed by atoms with Gasteiger partial charge in [0.05, 0.1) is 19.4 Å². The molecule has 0 amide bonds. The highest BCUT2D eigenvalue weighted by Crippen LogP contribution is 2.48. The fourth-order valence-corrected chi connectivity index (χ4v) is 10.4. The summed E-state index contributed by atoms with van der Waals surface area (Å²) in [6.45, 7) is 12.2. The van der Waals surface area contributed by atoms with Crippen molar-refractivity contribution in [1.29, 1.82) is 0 Å². The molecule has 1 aliphatic heterocycles. The van der Waals surface area contributed by atoms with Gasteiger partial charge < -0.3 is 35.6 Å². The number of hydrogen-bond donors (Lipinski definition) is 4. The van der Waals surface area contributed by atoms with Gasteiger partial charge in [-0.1, -0.05) is 38.5 Å². The summed E-state index contributed by atoms with van der Waals surface area (Å²) in [5, 5.41) is 11.1. The van der Waals surface area contributed by atoms with E-state index in [2.05, 4.69) is 30.7 Å². The third-order valence-corrected chi connectivity index (χ3v) is 13.5. The molecule has 0 aromatic carbocycles. The fraction of sp³-hybridized carbons (Fsp3) is 0.889. The van der Waals surface area contributed by atoms with Crippen molar-refractivity contribution in [2.24, 2.45) is 11.8 Å².